The Morgan fingerprint density at radius 1 is 0.259 bits per heavy atom. The number of ether oxygens (including phenoxy) is 3. The largest absolute Gasteiger partial charge is 0.462 e. The number of carbonyl (C=O) groups excluding carboxylic acids is 3. The second-order valence-corrected chi connectivity index (χ2v) is 22.7. The lowest BCUT2D eigenvalue weighted by atomic mass is 10.0. The highest BCUT2D eigenvalue weighted by molar-refractivity contribution is 5.71. The van der Waals surface area contributed by atoms with Gasteiger partial charge in [-0.3, -0.25) is 14.4 Å². The van der Waals surface area contributed by atoms with Crippen LogP contribution >= 0.6 is 0 Å². The zero-order valence-corrected chi connectivity index (χ0v) is 53.3. The first-order valence-electron chi connectivity index (χ1n) is 34.4. The summed E-state index contributed by atoms with van der Waals surface area (Å²) in [5.74, 6) is -0.883. The average Bonchev–Trinajstić information content (AvgIpc) is 3.47. The second-order valence-electron chi connectivity index (χ2n) is 22.7. The Labute approximate surface area is 501 Å². The molecule has 1 unspecified atom stereocenters. The molecule has 0 amide bonds. The Morgan fingerprint density at radius 3 is 0.765 bits per heavy atom. The van der Waals surface area contributed by atoms with Crippen molar-refractivity contribution in [3.8, 4) is 0 Å². The van der Waals surface area contributed by atoms with Crippen molar-refractivity contribution >= 4 is 17.9 Å². The fourth-order valence-corrected chi connectivity index (χ4v) is 9.64. The fraction of sp³-hybridized carbons (Fsp3) is 0.720. The van der Waals surface area contributed by atoms with Crippen molar-refractivity contribution in [2.75, 3.05) is 13.2 Å². The molecule has 81 heavy (non-hydrogen) atoms. The quantitative estimate of drug-likeness (QED) is 0.0261. The summed E-state index contributed by atoms with van der Waals surface area (Å²) in [6, 6.07) is 0. The SMILES string of the molecule is CC/C=C\C/C=C\C/C=C\C/C=C\CCCCCCCCCCCCCCCCCCC(=O)OCC(COC(=O)CCCCCCC/C=C\CCCC)OC(=O)CCCCCCCCCCCC/C=C\C/C=C\C/C=C\C/C=C\CC. The van der Waals surface area contributed by atoms with Crippen LogP contribution in [0.4, 0.5) is 0 Å². The van der Waals surface area contributed by atoms with Gasteiger partial charge in [0.15, 0.2) is 6.10 Å². The Morgan fingerprint density at radius 2 is 0.481 bits per heavy atom. The van der Waals surface area contributed by atoms with E-state index in [1.54, 1.807) is 0 Å². The minimum absolute atomic E-state index is 0.0804. The molecule has 0 bridgehead atoms. The van der Waals surface area contributed by atoms with E-state index >= 15 is 0 Å². The van der Waals surface area contributed by atoms with Crippen molar-refractivity contribution in [2.45, 2.75) is 335 Å². The molecule has 0 aromatic carbocycles. The Bertz CT molecular complexity index is 1620. The molecule has 0 aliphatic carbocycles. The number of hydrogen-bond acceptors (Lipinski definition) is 6. The summed E-state index contributed by atoms with van der Waals surface area (Å²) in [4.78, 5) is 38.4. The Kier molecular flexibility index (Phi) is 65.2. The maximum absolute atomic E-state index is 12.9. The van der Waals surface area contributed by atoms with Crippen molar-refractivity contribution in [1.82, 2.24) is 0 Å². The van der Waals surface area contributed by atoms with Gasteiger partial charge in [0.25, 0.3) is 0 Å². The van der Waals surface area contributed by atoms with E-state index in [0.717, 1.165) is 116 Å². The van der Waals surface area contributed by atoms with Gasteiger partial charge in [-0.2, -0.15) is 0 Å². The van der Waals surface area contributed by atoms with Crippen LogP contribution in [0.2, 0.25) is 0 Å². The number of unbranched alkanes of at least 4 members (excludes halogenated alkanes) is 33. The molecule has 0 aromatic heterocycles. The van der Waals surface area contributed by atoms with E-state index in [9.17, 15) is 14.4 Å². The standard InChI is InChI=1S/C75H128O6/c1-4-7-10-13-16-19-22-24-26-28-30-32-34-35-36-37-38-39-41-42-44-46-48-50-53-56-59-62-65-68-74(77)80-71-72(70-79-73(76)67-64-61-58-55-52-21-18-15-12-9-6-3)81-75(78)69-66-63-60-57-54-51-49-47-45-43-40-33-31-29-27-25-23-20-17-14-11-8-5-2/h7-8,10-11,15-20,24-27,30-33,72H,4-6,9,12-14,21-23,28-29,34-71H2,1-3H3/b10-7-,11-8-,18-15-,19-16-,20-17-,26-24-,27-25-,32-30-,33-31-. The van der Waals surface area contributed by atoms with E-state index in [-0.39, 0.29) is 31.1 Å². The van der Waals surface area contributed by atoms with Gasteiger partial charge in [0.05, 0.1) is 0 Å². The van der Waals surface area contributed by atoms with Crippen LogP contribution in [0.3, 0.4) is 0 Å². The van der Waals surface area contributed by atoms with Crippen molar-refractivity contribution in [2.24, 2.45) is 0 Å². The molecule has 464 valence electrons. The number of allylic oxidation sites excluding steroid dienone is 18. The van der Waals surface area contributed by atoms with E-state index in [2.05, 4.69) is 130 Å². The summed E-state index contributed by atoms with van der Waals surface area (Å²) in [6.45, 7) is 6.40. The van der Waals surface area contributed by atoms with Gasteiger partial charge in [-0.1, -0.05) is 304 Å². The van der Waals surface area contributed by atoms with Crippen molar-refractivity contribution in [3.05, 3.63) is 109 Å². The number of esters is 3. The predicted octanol–water partition coefficient (Wildman–Crippen LogP) is 23.8. The monoisotopic (exact) mass is 1120 g/mol. The zero-order chi connectivity index (χ0) is 58.5. The fourth-order valence-electron chi connectivity index (χ4n) is 9.64. The molecule has 0 aromatic rings. The summed E-state index contributed by atoms with van der Waals surface area (Å²) in [6.07, 6.45) is 94.0. The van der Waals surface area contributed by atoms with Crippen LogP contribution in [0.15, 0.2) is 109 Å². The van der Waals surface area contributed by atoms with Crippen LogP contribution in [-0.2, 0) is 28.6 Å². The minimum atomic E-state index is -0.785. The van der Waals surface area contributed by atoms with Crippen molar-refractivity contribution in [3.63, 3.8) is 0 Å². The maximum Gasteiger partial charge on any atom is 0.306 e. The summed E-state index contributed by atoms with van der Waals surface area (Å²) in [7, 11) is 0. The number of carbonyl (C=O) groups is 3. The lowest BCUT2D eigenvalue weighted by Gasteiger charge is -2.18. The molecule has 0 saturated heterocycles. The molecule has 0 N–H and O–H groups in total. The van der Waals surface area contributed by atoms with E-state index in [1.807, 2.05) is 0 Å². The molecule has 0 radical (unpaired) electrons. The molecule has 0 aliphatic heterocycles. The molecule has 0 saturated carbocycles. The number of hydrogen-bond donors (Lipinski definition) is 0. The van der Waals surface area contributed by atoms with Crippen molar-refractivity contribution in [1.29, 1.82) is 0 Å². The van der Waals surface area contributed by atoms with Gasteiger partial charge in [0, 0.05) is 19.3 Å². The Balaban J connectivity index is 4.21. The molecule has 0 heterocycles. The zero-order valence-electron chi connectivity index (χ0n) is 53.3. The third-order valence-corrected chi connectivity index (χ3v) is 14.7. The summed E-state index contributed by atoms with van der Waals surface area (Å²) < 4.78 is 16.9. The third-order valence-electron chi connectivity index (χ3n) is 14.7. The predicted molar refractivity (Wildman–Crippen MR) is 353 cm³/mol. The van der Waals surface area contributed by atoms with Crippen LogP contribution in [0.1, 0.15) is 329 Å². The molecule has 0 aliphatic rings. The van der Waals surface area contributed by atoms with Gasteiger partial charge in [0.2, 0.25) is 0 Å². The second kappa shape index (κ2) is 68.6. The molecule has 6 heteroatoms. The molecular weight excluding hydrogens is 997 g/mol. The van der Waals surface area contributed by atoms with E-state index in [4.69, 9.17) is 14.2 Å². The van der Waals surface area contributed by atoms with Gasteiger partial charge in [-0.05, 0) is 116 Å². The maximum atomic E-state index is 12.9. The van der Waals surface area contributed by atoms with E-state index in [1.165, 1.54) is 173 Å². The molecule has 0 spiro atoms. The van der Waals surface area contributed by atoms with Gasteiger partial charge in [-0.25, -0.2) is 0 Å². The first kappa shape index (κ1) is 77.1. The molecule has 0 fully saturated rings. The van der Waals surface area contributed by atoms with Crippen molar-refractivity contribution < 1.29 is 28.6 Å². The molecular formula is C75H128O6. The summed E-state index contributed by atoms with van der Waals surface area (Å²) >= 11 is 0. The number of rotatable bonds is 62. The summed E-state index contributed by atoms with van der Waals surface area (Å²) in [5.41, 5.74) is 0. The molecule has 1 atom stereocenters. The van der Waals surface area contributed by atoms with Crippen LogP contribution in [0, 0.1) is 0 Å². The van der Waals surface area contributed by atoms with Crippen LogP contribution in [0.5, 0.6) is 0 Å². The average molecular weight is 1130 g/mol. The first-order valence-corrected chi connectivity index (χ1v) is 34.4. The third kappa shape index (κ3) is 66.8. The topological polar surface area (TPSA) is 78.9 Å². The van der Waals surface area contributed by atoms with Gasteiger partial charge in [0.1, 0.15) is 13.2 Å². The summed E-state index contributed by atoms with van der Waals surface area (Å²) in [5, 5.41) is 0. The highest BCUT2D eigenvalue weighted by atomic mass is 16.6. The highest BCUT2D eigenvalue weighted by Crippen LogP contribution is 2.17. The molecule has 0 rings (SSSR count). The van der Waals surface area contributed by atoms with Crippen LogP contribution < -0.4 is 0 Å². The smallest absolute Gasteiger partial charge is 0.306 e. The normalized spacial score (nSPS) is 12.8. The first-order chi connectivity index (χ1) is 40.0. The van der Waals surface area contributed by atoms with Crippen LogP contribution in [0.25, 0.3) is 0 Å². The minimum Gasteiger partial charge on any atom is -0.462 e. The van der Waals surface area contributed by atoms with Crippen LogP contribution in [-0.4, -0.2) is 37.2 Å². The van der Waals surface area contributed by atoms with Gasteiger partial charge < -0.3 is 14.2 Å². The molecule has 6 nitrogen and oxygen atoms in total. The van der Waals surface area contributed by atoms with E-state index in [0.29, 0.717) is 19.3 Å². The Hall–Kier alpha value is -3.93. The highest BCUT2D eigenvalue weighted by Gasteiger charge is 2.19. The lowest BCUT2D eigenvalue weighted by Crippen LogP contribution is -2.30. The lowest BCUT2D eigenvalue weighted by molar-refractivity contribution is -0.167. The van der Waals surface area contributed by atoms with E-state index < -0.39 is 6.10 Å². The van der Waals surface area contributed by atoms with Gasteiger partial charge >= 0.3 is 17.9 Å². The van der Waals surface area contributed by atoms with Gasteiger partial charge in [-0.15, -0.1) is 0 Å².